The molecule has 1 heterocycles. The third-order valence-corrected chi connectivity index (χ3v) is 1.87. The van der Waals surface area contributed by atoms with Crippen molar-refractivity contribution in [1.82, 2.24) is 4.98 Å². The number of halogens is 3. The van der Waals surface area contributed by atoms with Crippen molar-refractivity contribution in [2.45, 2.75) is 12.8 Å². The predicted molar refractivity (Wildman–Crippen MR) is 53.4 cm³/mol. The van der Waals surface area contributed by atoms with Crippen LogP contribution in [0.2, 0.25) is 0 Å². The predicted octanol–water partition coefficient (Wildman–Crippen LogP) is 1.96. The van der Waals surface area contributed by atoms with Gasteiger partial charge >= 0.3 is 12.0 Å². The van der Waals surface area contributed by atoms with E-state index in [0.29, 0.717) is 6.07 Å². The van der Waals surface area contributed by atoms with Gasteiger partial charge in [0.2, 0.25) is 11.6 Å². The quantitative estimate of drug-likeness (QED) is 0.616. The topological polar surface area (TPSA) is 98.3 Å². The van der Waals surface area contributed by atoms with Crippen LogP contribution in [0.25, 0.3) is 0 Å². The van der Waals surface area contributed by atoms with Crippen LogP contribution in [-0.2, 0) is 6.42 Å². The lowest BCUT2D eigenvalue weighted by Crippen LogP contribution is -2.19. The minimum atomic E-state index is -5.13. The molecule has 0 fully saturated rings. The first-order valence-corrected chi connectivity index (χ1v) is 4.63. The van der Waals surface area contributed by atoms with E-state index in [1.165, 1.54) is 6.07 Å². The monoisotopic (exact) mass is 277 g/mol. The van der Waals surface area contributed by atoms with Crippen molar-refractivity contribution in [2.75, 3.05) is 7.11 Å². The van der Waals surface area contributed by atoms with Gasteiger partial charge in [0.25, 0.3) is 0 Å². The van der Waals surface area contributed by atoms with Crippen LogP contribution >= 0.6 is 0 Å². The van der Waals surface area contributed by atoms with Crippen molar-refractivity contribution in [3.63, 3.8) is 0 Å². The smallest absolute Gasteiger partial charge is 0.481 e. The second kappa shape index (κ2) is 5.38. The molecule has 0 spiro atoms. The maximum absolute atomic E-state index is 12.2. The Labute approximate surface area is 104 Å². The molecule has 102 valence electrons. The lowest BCUT2D eigenvalue weighted by atomic mass is 10.2. The fraction of sp³-hybridized carbons (Fsp3) is 0.333. The molecule has 19 heavy (non-hydrogen) atoms. The molecular formula is C9H6F3N3O4. The number of nitro groups is 1. The number of hydrogen-bond donors (Lipinski definition) is 0. The molecule has 0 saturated carbocycles. The van der Waals surface area contributed by atoms with Crippen molar-refractivity contribution in [3.05, 3.63) is 21.9 Å². The van der Waals surface area contributed by atoms with Crippen LogP contribution in [0, 0.1) is 21.4 Å². The van der Waals surface area contributed by atoms with E-state index in [4.69, 9.17) is 5.26 Å². The zero-order chi connectivity index (χ0) is 14.6. The van der Waals surface area contributed by atoms with E-state index in [2.05, 4.69) is 14.5 Å². The van der Waals surface area contributed by atoms with Crippen LogP contribution in [-0.4, -0.2) is 23.4 Å². The summed E-state index contributed by atoms with van der Waals surface area (Å²) in [5.41, 5.74) is -1.50. The number of nitrogens with zero attached hydrogens (tertiary/aromatic N) is 3. The van der Waals surface area contributed by atoms with Crippen molar-refractivity contribution < 1.29 is 27.6 Å². The molecular weight excluding hydrogens is 271 g/mol. The Bertz CT molecular complexity index is 539. The van der Waals surface area contributed by atoms with E-state index in [1.54, 1.807) is 0 Å². The highest BCUT2D eigenvalue weighted by atomic mass is 19.4. The van der Waals surface area contributed by atoms with Crippen LogP contribution in [0.1, 0.15) is 5.69 Å². The molecule has 0 aliphatic rings. The van der Waals surface area contributed by atoms with Gasteiger partial charge < -0.3 is 9.47 Å². The molecule has 7 nitrogen and oxygen atoms in total. The number of ether oxygens (including phenoxy) is 2. The van der Waals surface area contributed by atoms with Gasteiger partial charge in [0, 0.05) is 0 Å². The molecule has 0 atom stereocenters. The van der Waals surface area contributed by atoms with Crippen LogP contribution in [0.3, 0.4) is 0 Å². The summed E-state index contributed by atoms with van der Waals surface area (Å²) in [6.45, 7) is 0. The number of alkyl halides is 3. The Morgan fingerprint density at radius 3 is 2.63 bits per heavy atom. The number of aromatic nitrogens is 1. The number of rotatable bonds is 4. The van der Waals surface area contributed by atoms with Gasteiger partial charge in [0.15, 0.2) is 0 Å². The minimum absolute atomic E-state index is 0.286. The van der Waals surface area contributed by atoms with Gasteiger partial charge in [-0.25, -0.2) is 4.98 Å². The van der Waals surface area contributed by atoms with E-state index >= 15 is 0 Å². The molecule has 0 saturated heterocycles. The van der Waals surface area contributed by atoms with Gasteiger partial charge in [0.05, 0.1) is 30.6 Å². The summed E-state index contributed by atoms with van der Waals surface area (Å²) in [4.78, 5) is 13.2. The maximum Gasteiger partial charge on any atom is 0.573 e. The zero-order valence-electron chi connectivity index (χ0n) is 9.39. The second-order valence-electron chi connectivity index (χ2n) is 3.10. The Morgan fingerprint density at radius 2 is 2.21 bits per heavy atom. The normalized spacial score (nSPS) is 10.7. The largest absolute Gasteiger partial charge is 0.573 e. The summed E-state index contributed by atoms with van der Waals surface area (Å²) in [6.07, 6.45) is -5.73. The van der Waals surface area contributed by atoms with Crippen LogP contribution in [0.5, 0.6) is 11.6 Å². The number of nitriles is 1. The maximum atomic E-state index is 12.2. The van der Waals surface area contributed by atoms with Gasteiger partial charge in [-0.15, -0.1) is 13.2 Å². The molecule has 1 aromatic heterocycles. The lowest BCUT2D eigenvalue weighted by Gasteiger charge is -2.12. The van der Waals surface area contributed by atoms with Crippen LogP contribution in [0.15, 0.2) is 6.07 Å². The van der Waals surface area contributed by atoms with E-state index in [-0.39, 0.29) is 5.88 Å². The summed E-state index contributed by atoms with van der Waals surface area (Å²) >= 11 is 0. The fourth-order valence-electron chi connectivity index (χ4n) is 1.21. The van der Waals surface area contributed by atoms with E-state index in [1.807, 2.05) is 0 Å². The number of methoxy groups -OCH3 is 1. The lowest BCUT2D eigenvalue weighted by molar-refractivity contribution is -0.388. The highest BCUT2D eigenvalue weighted by Gasteiger charge is 2.37. The van der Waals surface area contributed by atoms with Gasteiger partial charge in [-0.3, -0.25) is 10.1 Å². The summed E-state index contributed by atoms with van der Waals surface area (Å²) in [5, 5.41) is 19.2. The molecule has 0 unspecified atom stereocenters. The molecule has 0 N–H and O–H groups in total. The molecule has 0 aliphatic carbocycles. The summed E-state index contributed by atoms with van der Waals surface area (Å²) in [6, 6.07) is 2.22. The van der Waals surface area contributed by atoms with Crippen LogP contribution in [0.4, 0.5) is 18.9 Å². The first-order chi connectivity index (χ1) is 8.78. The van der Waals surface area contributed by atoms with E-state index in [0.717, 1.165) is 7.11 Å². The van der Waals surface area contributed by atoms with E-state index < -0.39 is 34.8 Å². The molecule has 1 aromatic rings. The van der Waals surface area contributed by atoms with Crippen molar-refractivity contribution in [2.24, 2.45) is 0 Å². The average molecular weight is 277 g/mol. The Kier molecular flexibility index (Phi) is 4.11. The van der Waals surface area contributed by atoms with Crippen LogP contribution < -0.4 is 9.47 Å². The van der Waals surface area contributed by atoms with Gasteiger partial charge in [-0.1, -0.05) is 0 Å². The van der Waals surface area contributed by atoms with Gasteiger partial charge in [-0.2, -0.15) is 5.26 Å². The molecule has 10 heteroatoms. The van der Waals surface area contributed by atoms with Gasteiger partial charge in [-0.05, 0) is 0 Å². The second-order valence-corrected chi connectivity index (χ2v) is 3.10. The molecule has 1 rings (SSSR count). The highest BCUT2D eigenvalue weighted by Crippen LogP contribution is 2.36. The number of hydrogen-bond acceptors (Lipinski definition) is 6. The average Bonchev–Trinajstić information content (AvgIpc) is 2.29. The van der Waals surface area contributed by atoms with Crippen molar-refractivity contribution >= 4 is 5.69 Å². The SMILES string of the molecule is COc1cc([N+](=O)[O-])c(OC(F)(F)F)c(CC#N)n1. The minimum Gasteiger partial charge on any atom is -0.481 e. The summed E-state index contributed by atoms with van der Waals surface area (Å²) in [7, 11) is 1.13. The zero-order valence-corrected chi connectivity index (χ0v) is 9.39. The summed E-state index contributed by atoms with van der Waals surface area (Å²) < 4.78 is 44.8. The van der Waals surface area contributed by atoms with Crippen molar-refractivity contribution in [3.8, 4) is 17.7 Å². The van der Waals surface area contributed by atoms with Gasteiger partial charge in [0.1, 0.15) is 5.69 Å². The molecule has 0 amide bonds. The first-order valence-electron chi connectivity index (χ1n) is 4.63. The van der Waals surface area contributed by atoms with E-state index in [9.17, 15) is 23.3 Å². The standard InChI is InChI=1S/C9H6F3N3O4/c1-18-7-4-6(15(16)17)8(19-9(10,11)12)5(14-7)2-3-13/h4H,2H2,1H3. The molecule has 0 aliphatic heterocycles. The molecule has 0 aromatic carbocycles. The fourth-order valence-corrected chi connectivity index (χ4v) is 1.21. The Hall–Kier alpha value is -2.57. The first kappa shape index (κ1) is 14.5. The number of pyridine rings is 1. The summed E-state index contributed by atoms with van der Waals surface area (Å²) in [5.74, 6) is -1.40. The Balaban J connectivity index is 3.45. The van der Waals surface area contributed by atoms with Crippen molar-refractivity contribution in [1.29, 1.82) is 5.26 Å². The highest BCUT2D eigenvalue weighted by molar-refractivity contribution is 5.52. The molecule has 0 radical (unpaired) electrons. The molecule has 0 bridgehead atoms. The third kappa shape index (κ3) is 3.70. The Morgan fingerprint density at radius 1 is 1.58 bits per heavy atom. The third-order valence-electron chi connectivity index (χ3n) is 1.87.